The summed E-state index contributed by atoms with van der Waals surface area (Å²) in [6.07, 6.45) is 1.84. The Labute approximate surface area is 336 Å². The van der Waals surface area contributed by atoms with Gasteiger partial charge in [-0.3, -0.25) is 4.98 Å². The summed E-state index contributed by atoms with van der Waals surface area (Å²) in [5.41, 5.74) is 16.9. The third-order valence-electron chi connectivity index (χ3n) is 11.1. The number of oxazole rings is 1. The summed E-state index contributed by atoms with van der Waals surface area (Å²) in [7, 11) is 0. The molecule has 0 spiro atoms. The first-order valence-corrected chi connectivity index (χ1v) is 19.6. The molecule has 0 saturated heterocycles. The zero-order chi connectivity index (χ0) is 38.4. The fourth-order valence-corrected chi connectivity index (χ4v) is 8.22. The number of hydrogen-bond donors (Lipinski definition) is 0. The Morgan fingerprint density at radius 1 is 0.379 bits per heavy atom. The third-order valence-corrected chi connectivity index (χ3v) is 11.1. The molecule has 0 fully saturated rings. The minimum Gasteiger partial charge on any atom is -0.436 e. The van der Waals surface area contributed by atoms with E-state index in [1.807, 2.05) is 42.6 Å². The van der Waals surface area contributed by atoms with Gasteiger partial charge in [0.2, 0.25) is 5.89 Å². The quantitative estimate of drug-likeness (QED) is 0.163. The Morgan fingerprint density at radius 2 is 0.966 bits per heavy atom. The Bertz CT molecular complexity index is 3210. The number of nitrogens with zero attached hydrogens (tertiary/aromatic N) is 3. The van der Waals surface area contributed by atoms with Crippen LogP contribution in [-0.4, -0.2) is 14.5 Å². The molecule has 11 rings (SSSR count). The van der Waals surface area contributed by atoms with Gasteiger partial charge in [0.25, 0.3) is 0 Å². The van der Waals surface area contributed by atoms with E-state index in [2.05, 4.69) is 179 Å². The van der Waals surface area contributed by atoms with E-state index in [9.17, 15) is 0 Å². The van der Waals surface area contributed by atoms with Crippen molar-refractivity contribution in [2.75, 3.05) is 0 Å². The number of para-hydroxylation sites is 2. The Morgan fingerprint density at radius 3 is 1.66 bits per heavy atom. The summed E-state index contributed by atoms with van der Waals surface area (Å²) in [6.45, 7) is 0. The van der Waals surface area contributed by atoms with Gasteiger partial charge < -0.3 is 8.98 Å². The normalized spacial score (nSPS) is 11.4. The molecule has 272 valence electrons. The highest BCUT2D eigenvalue weighted by Crippen LogP contribution is 2.43. The molecule has 0 aliphatic heterocycles. The van der Waals surface area contributed by atoms with Gasteiger partial charge in [-0.05, 0) is 105 Å². The molecule has 0 aliphatic carbocycles. The van der Waals surface area contributed by atoms with Crippen molar-refractivity contribution < 1.29 is 4.42 Å². The topological polar surface area (TPSA) is 43.9 Å². The molecule has 0 radical (unpaired) electrons. The zero-order valence-corrected chi connectivity index (χ0v) is 31.5. The van der Waals surface area contributed by atoms with Crippen LogP contribution < -0.4 is 0 Å². The van der Waals surface area contributed by atoms with E-state index in [0.29, 0.717) is 5.89 Å². The number of hydrogen-bond acceptors (Lipinski definition) is 3. The maximum Gasteiger partial charge on any atom is 0.228 e. The molecule has 0 aliphatic rings. The molecule has 0 amide bonds. The molecule has 11 aromatic rings. The molecule has 0 saturated carbocycles. The minimum absolute atomic E-state index is 0.587. The second-order valence-corrected chi connectivity index (χ2v) is 14.6. The van der Waals surface area contributed by atoms with Crippen molar-refractivity contribution in [3.63, 3.8) is 0 Å². The molecule has 3 heterocycles. The molecule has 3 aromatic heterocycles. The first kappa shape index (κ1) is 33.5. The van der Waals surface area contributed by atoms with Crippen LogP contribution in [0.3, 0.4) is 0 Å². The average Bonchev–Trinajstić information content (AvgIpc) is 3.88. The van der Waals surface area contributed by atoms with Gasteiger partial charge in [-0.25, -0.2) is 4.98 Å². The van der Waals surface area contributed by atoms with Gasteiger partial charge in [-0.1, -0.05) is 146 Å². The lowest BCUT2D eigenvalue weighted by atomic mass is 9.94. The lowest BCUT2D eigenvalue weighted by Gasteiger charge is -2.13. The highest BCUT2D eigenvalue weighted by molar-refractivity contribution is 6.13. The van der Waals surface area contributed by atoms with Gasteiger partial charge in [-0.2, -0.15) is 0 Å². The molecule has 0 N–H and O–H groups in total. The molecule has 4 nitrogen and oxygen atoms in total. The predicted octanol–water partition coefficient (Wildman–Crippen LogP) is 14.3. The zero-order valence-electron chi connectivity index (χ0n) is 31.5. The standard InChI is InChI=1S/C54H35N3O/c1-3-12-36(13-4-1)38-21-23-40(24-22-38)42-29-30-51-46(33-42)47-34-45(41-27-25-39(26-28-41)37-14-5-2-6-15-37)48(54-56-50-19-7-8-20-53(50)58-54)35-52(47)57(51)44-17-11-16-43(32-44)49-18-9-10-31-55-49/h1-35H. The highest BCUT2D eigenvalue weighted by atomic mass is 16.3. The van der Waals surface area contributed by atoms with Gasteiger partial charge in [0, 0.05) is 33.8 Å². The van der Waals surface area contributed by atoms with Gasteiger partial charge >= 0.3 is 0 Å². The smallest absolute Gasteiger partial charge is 0.228 e. The van der Waals surface area contributed by atoms with Crippen LogP contribution in [0, 0.1) is 0 Å². The number of fused-ring (bicyclic) bond motifs is 4. The van der Waals surface area contributed by atoms with Crippen molar-refractivity contribution in [3.05, 3.63) is 212 Å². The first-order chi connectivity index (χ1) is 28.7. The van der Waals surface area contributed by atoms with Crippen molar-refractivity contribution >= 4 is 32.9 Å². The van der Waals surface area contributed by atoms with Gasteiger partial charge in [-0.15, -0.1) is 0 Å². The third kappa shape index (κ3) is 5.96. The maximum atomic E-state index is 6.54. The van der Waals surface area contributed by atoms with E-state index in [1.165, 1.54) is 27.8 Å². The van der Waals surface area contributed by atoms with Crippen LogP contribution in [0.1, 0.15) is 0 Å². The van der Waals surface area contributed by atoms with Crippen molar-refractivity contribution in [3.8, 4) is 72.9 Å². The maximum absolute atomic E-state index is 6.54. The monoisotopic (exact) mass is 741 g/mol. The van der Waals surface area contributed by atoms with E-state index in [4.69, 9.17) is 9.40 Å². The average molecular weight is 742 g/mol. The van der Waals surface area contributed by atoms with Crippen molar-refractivity contribution in [2.45, 2.75) is 0 Å². The van der Waals surface area contributed by atoms with Crippen molar-refractivity contribution in [2.24, 2.45) is 0 Å². The van der Waals surface area contributed by atoms with E-state index < -0.39 is 0 Å². The van der Waals surface area contributed by atoms with Crippen molar-refractivity contribution in [1.82, 2.24) is 14.5 Å². The molecular formula is C54H35N3O. The summed E-state index contributed by atoms with van der Waals surface area (Å²) in [4.78, 5) is 9.73. The molecule has 8 aromatic carbocycles. The number of pyridine rings is 1. The molecular weight excluding hydrogens is 707 g/mol. The summed E-state index contributed by atoms with van der Waals surface area (Å²) in [5.74, 6) is 0.587. The Balaban J connectivity index is 1.15. The van der Waals surface area contributed by atoms with Gasteiger partial charge in [0.05, 0.1) is 16.7 Å². The number of rotatable bonds is 7. The first-order valence-electron chi connectivity index (χ1n) is 19.6. The number of aromatic nitrogens is 3. The summed E-state index contributed by atoms with van der Waals surface area (Å²) >= 11 is 0. The molecule has 4 heteroatoms. The fraction of sp³-hybridized carbons (Fsp3) is 0. The lowest BCUT2D eigenvalue weighted by molar-refractivity contribution is 0.620. The number of benzene rings is 8. The molecule has 0 unspecified atom stereocenters. The summed E-state index contributed by atoms with van der Waals surface area (Å²) in [5, 5.41) is 2.30. The van der Waals surface area contributed by atoms with E-state index in [0.717, 1.165) is 72.1 Å². The van der Waals surface area contributed by atoms with Crippen LogP contribution in [0.15, 0.2) is 217 Å². The second-order valence-electron chi connectivity index (χ2n) is 14.6. The van der Waals surface area contributed by atoms with Crippen molar-refractivity contribution in [1.29, 1.82) is 0 Å². The lowest BCUT2D eigenvalue weighted by Crippen LogP contribution is -1.96. The predicted molar refractivity (Wildman–Crippen MR) is 239 cm³/mol. The molecule has 0 bridgehead atoms. The van der Waals surface area contributed by atoms with Gasteiger partial charge in [0.1, 0.15) is 5.52 Å². The molecule has 58 heavy (non-hydrogen) atoms. The van der Waals surface area contributed by atoms with Crippen LogP contribution in [0.2, 0.25) is 0 Å². The summed E-state index contributed by atoms with van der Waals surface area (Å²) in [6, 6.07) is 72.8. The van der Waals surface area contributed by atoms with Gasteiger partial charge in [0.15, 0.2) is 5.58 Å². The fourth-order valence-electron chi connectivity index (χ4n) is 8.22. The van der Waals surface area contributed by atoms with E-state index in [-0.39, 0.29) is 0 Å². The van der Waals surface area contributed by atoms with E-state index >= 15 is 0 Å². The largest absolute Gasteiger partial charge is 0.436 e. The summed E-state index contributed by atoms with van der Waals surface area (Å²) < 4.78 is 8.91. The highest BCUT2D eigenvalue weighted by Gasteiger charge is 2.21. The Hall–Kier alpha value is -7.82. The molecule has 0 atom stereocenters. The van der Waals surface area contributed by atoms with Crippen LogP contribution in [0.4, 0.5) is 0 Å². The second kappa shape index (κ2) is 14.0. The SMILES string of the molecule is c1ccc(-c2ccc(-c3ccc4c(c3)c3cc(-c5ccc(-c6ccccc6)cc5)c(-c5nc6ccccc6o5)cc3n4-c3cccc(-c4ccccn4)c3)cc2)cc1. The Kier molecular flexibility index (Phi) is 8.11. The minimum atomic E-state index is 0.587. The van der Waals surface area contributed by atoms with Crippen LogP contribution in [-0.2, 0) is 0 Å². The van der Waals surface area contributed by atoms with Crippen LogP contribution >= 0.6 is 0 Å². The van der Waals surface area contributed by atoms with Crippen LogP contribution in [0.5, 0.6) is 0 Å². The van der Waals surface area contributed by atoms with E-state index in [1.54, 1.807) is 0 Å². The van der Waals surface area contributed by atoms with Crippen LogP contribution in [0.25, 0.3) is 106 Å².